The molecule has 1 N–H and O–H groups in total. The second-order valence-corrected chi connectivity index (χ2v) is 6.65. The number of likely N-dealkylation sites (tertiary alicyclic amines) is 1. The third-order valence-corrected chi connectivity index (χ3v) is 4.93. The molecule has 0 aliphatic carbocycles. The van der Waals surface area contributed by atoms with Crippen LogP contribution in [0.5, 0.6) is 0 Å². The van der Waals surface area contributed by atoms with E-state index in [1.165, 1.54) is 41.8 Å². The number of rotatable bonds is 4. The lowest BCUT2D eigenvalue weighted by Crippen LogP contribution is -2.34. The Labute approximate surface area is 143 Å². The van der Waals surface area contributed by atoms with Crippen LogP contribution in [0, 0.1) is 0 Å². The maximum atomic E-state index is 4.10. The molecule has 1 aliphatic heterocycles. The molecule has 122 valence electrons. The molecule has 3 heteroatoms. The second-order valence-electron chi connectivity index (χ2n) is 6.65. The molecule has 3 nitrogen and oxygen atoms in total. The van der Waals surface area contributed by atoms with Gasteiger partial charge in [-0.1, -0.05) is 54.6 Å². The fourth-order valence-electron chi connectivity index (χ4n) is 3.64. The van der Waals surface area contributed by atoms with Gasteiger partial charge in [-0.15, -0.1) is 0 Å². The van der Waals surface area contributed by atoms with E-state index < -0.39 is 0 Å². The van der Waals surface area contributed by atoms with Gasteiger partial charge in [-0.25, -0.2) is 0 Å². The standard InChI is InChI=1S/C21H23N3/c1-2-5-18(6-3-1)19-10-8-17(9-11-19)15-24-14-4-7-20(16-24)21-12-13-22-23-21/h1-3,5-6,8-13,20H,4,7,14-16H2,(H,22,23)/t20-/m1/s1. The quantitative estimate of drug-likeness (QED) is 0.770. The summed E-state index contributed by atoms with van der Waals surface area (Å²) < 4.78 is 0. The summed E-state index contributed by atoms with van der Waals surface area (Å²) in [6.45, 7) is 3.33. The highest BCUT2D eigenvalue weighted by molar-refractivity contribution is 5.63. The minimum absolute atomic E-state index is 0.588. The van der Waals surface area contributed by atoms with Crippen LogP contribution >= 0.6 is 0 Å². The van der Waals surface area contributed by atoms with E-state index >= 15 is 0 Å². The zero-order chi connectivity index (χ0) is 16.2. The van der Waals surface area contributed by atoms with Crippen molar-refractivity contribution in [1.82, 2.24) is 15.1 Å². The average molecular weight is 317 g/mol. The Balaban J connectivity index is 1.42. The van der Waals surface area contributed by atoms with Gasteiger partial charge in [0.2, 0.25) is 0 Å². The molecular weight excluding hydrogens is 294 g/mol. The second kappa shape index (κ2) is 7.02. The first-order chi connectivity index (χ1) is 11.9. The highest BCUT2D eigenvalue weighted by atomic mass is 15.1. The average Bonchev–Trinajstić information content (AvgIpc) is 3.18. The fourth-order valence-corrected chi connectivity index (χ4v) is 3.64. The van der Waals surface area contributed by atoms with E-state index in [-0.39, 0.29) is 0 Å². The van der Waals surface area contributed by atoms with Gasteiger partial charge in [-0.2, -0.15) is 5.10 Å². The van der Waals surface area contributed by atoms with Crippen LogP contribution in [0.15, 0.2) is 66.9 Å². The molecule has 0 amide bonds. The Morgan fingerprint density at radius 2 is 1.75 bits per heavy atom. The summed E-state index contributed by atoms with van der Waals surface area (Å²) in [5.74, 6) is 0.588. The number of hydrogen-bond acceptors (Lipinski definition) is 2. The molecule has 0 bridgehead atoms. The van der Waals surface area contributed by atoms with Gasteiger partial charge in [0.1, 0.15) is 0 Å². The van der Waals surface area contributed by atoms with Crippen LogP contribution < -0.4 is 0 Å². The van der Waals surface area contributed by atoms with E-state index in [1.807, 2.05) is 6.20 Å². The van der Waals surface area contributed by atoms with Gasteiger partial charge in [-0.05, 0) is 42.1 Å². The lowest BCUT2D eigenvalue weighted by molar-refractivity contribution is 0.198. The van der Waals surface area contributed by atoms with Crippen molar-refractivity contribution in [2.24, 2.45) is 0 Å². The zero-order valence-corrected chi connectivity index (χ0v) is 13.9. The number of aromatic nitrogens is 2. The monoisotopic (exact) mass is 317 g/mol. The first-order valence-electron chi connectivity index (χ1n) is 8.74. The molecule has 1 atom stereocenters. The van der Waals surface area contributed by atoms with E-state index in [9.17, 15) is 0 Å². The Kier molecular flexibility index (Phi) is 4.43. The van der Waals surface area contributed by atoms with Gasteiger partial charge in [0, 0.05) is 30.9 Å². The van der Waals surface area contributed by atoms with Gasteiger partial charge in [0.25, 0.3) is 0 Å². The van der Waals surface area contributed by atoms with E-state index in [4.69, 9.17) is 0 Å². The van der Waals surface area contributed by atoms with Gasteiger partial charge in [0.05, 0.1) is 0 Å². The summed E-state index contributed by atoms with van der Waals surface area (Å²) in [5.41, 5.74) is 5.23. The molecule has 0 unspecified atom stereocenters. The largest absolute Gasteiger partial charge is 0.298 e. The van der Waals surface area contributed by atoms with Crippen LogP contribution in [0.4, 0.5) is 0 Å². The van der Waals surface area contributed by atoms with Crippen molar-refractivity contribution in [2.75, 3.05) is 13.1 Å². The van der Waals surface area contributed by atoms with Crippen LogP contribution in [0.1, 0.15) is 30.0 Å². The van der Waals surface area contributed by atoms with Crippen molar-refractivity contribution in [2.45, 2.75) is 25.3 Å². The smallest absolute Gasteiger partial charge is 0.0490 e. The summed E-state index contributed by atoms with van der Waals surface area (Å²) in [6, 6.07) is 21.7. The molecule has 3 aromatic rings. The number of benzene rings is 2. The van der Waals surface area contributed by atoms with Crippen molar-refractivity contribution in [3.63, 3.8) is 0 Å². The summed E-state index contributed by atoms with van der Waals surface area (Å²) in [4.78, 5) is 2.56. The SMILES string of the molecule is c1ccc(-c2ccc(CN3CCC[C@@H](c4ccn[nH]4)C3)cc2)cc1. The third-order valence-electron chi connectivity index (χ3n) is 4.93. The summed E-state index contributed by atoms with van der Waals surface area (Å²) in [6.07, 6.45) is 4.37. The first-order valence-corrected chi connectivity index (χ1v) is 8.74. The summed E-state index contributed by atoms with van der Waals surface area (Å²) in [7, 11) is 0. The van der Waals surface area contributed by atoms with Gasteiger partial charge < -0.3 is 0 Å². The molecule has 1 aromatic heterocycles. The van der Waals surface area contributed by atoms with Crippen LogP contribution in [0.2, 0.25) is 0 Å². The zero-order valence-electron chi connectivity index (χ0n) is 13.9. The number of nitrogens with zero attached hydrogens (tertiary/aromatic N) is 2. The van der Waals surface area contributed by atoms with Crippen LogP contribution in [-0.4, -0.2) is 28.2 Å². The molecule has 1 saturated heterocycles. The predicted octanol–water partition coefficient (Wildman–Crippen LogP) is 4.46. The molecule has 1 aliphatic rings. The molecular formula is C21H23N3. The number of piperidine rings is 1. The minimum atomic E-state index is 0.588. The van der Waals surface area contributed by atoms with Crippen LogP contribution in [0.25, 0.3) is 11.1 Å². The summed E-state index contributed by atoms with van der Waals surface area (Å²) in [5, 5.41) is 7.24. The lowest BCUT2D eigenvalue weighted by atomic mass is 9.94. The molecule has 0 saturated carbocycles. The maximum Gasteiger partial charge on any atom is 0.0490 e. The highest BCUT2D eigenvalue weighted by Crippen LogP contribution is 2.26. The third kappa shape index (κ3) is 3.41. The van der Waals surface area contributed by atoms with Crippen molar-refractivity contribution >= 4 is 0 Å². The van der Waals surface area contributed by atoms with Crippen LogP contribution in [-0.2, 0) is 6.54 Å². The van der Waals surface area contributed by atoms with Crippen LogP contribution in [0.3, 0.4) is 0 Å². The number of aromatic amines is 1. The molecule has 4 rings (SSSR count). The highest BCUT2D eigenvalue weighted by Gasteiger charge is 2.22. The van der Waals surface area contributed by atoms with E-state index in [1.54, 1.807) is 0 Å². The van der Waals surface area contributed by atoms with Crippen molar-refractivity contribution in [3.05, 3.63) is 78.1 Å². The van der Waals surface area contributed by atoms with Crippen molar-refractivity contribution < 1.29 is 0 Å². The molecule has 2 aromatic carbocycles. The van der Waals surface area contributed by atoms with E-state index in [0.29, 0.717) is 5.92 Å². The Bertz CT molecular complexity index is 748. The number of nitrogens with one attached hydrogen (secondary N) is 1. The molecule has 24 heavy (non-hydrogen) atoms. The molecule has 0 radical (unpaired) electrons. The Morgan fingerprint density at radius 1 is 0.958 bits per heavy atom. The number of H-pyrrole nitrogens is 1. The maximum absolute atomic E-state index is 4.10. The molecule has 2 heterocycles. The number of hydrogen-bond donors (Lipinski definition) is 1. The molecule has 0 spiro atoms. The van der Waals surface area contributed by atoms with E-state index in [2.05, 4.69) is 75.8 Å². The fraction of sp³-hybridized carbons (Fsp3) is 0.286. The van der Waals surface area contributed by atoms with Gasteiger partial charge in [0.15, 0.2) is 0 Å². The Hall–Kier alpha value is -2.39. The van der Waals surface area contributed by atoms with Gasteiger partial charge >= 0.3 is 0 Å². The van der Waals surface area contributed by atoms with Gasteiger partial charge in [-0.3, -0.25) is 10.00 Å². The van der Waals surface area contributed by atoms with E-state index in [0.717, 1.165) is 13.1 Å². The van der Waals surface area contributed by atoms with Crippen molar-refractivity contribution in [1.29, 1.82) is 0 Å². The minimum Gasteiger partial charge on any atom is -0.298 e. The normalized spacial score (nSPS) is 18.6. The van der Waals surface area contributed by atoms with Crippen molar-refractivity contribution in [3.8, 4) is 11.1 Å². The topological polar surface area (TPSA) is 31.9 Å². The predicted molar refractivity (Wildman–Crippen MR) is 97.7 cm³/mol. The summed E-state index contributed by atoms with van der Waals surface area (Å²) >= 11 is 0. The Morgan fingerprint density at radius 3 is 2.50 bits per heavy atom. The first kappa shape index (κ1) is 15.2. The lowest BCUT2D eigenvalue weighted by Gasteiger charge is -2.32. The molecule has 1 fully saturated rings.